The van der Waals surface area contributed by atoms with Crippen molar-refractivity contribution in [3.05, 3.63) is 46.3 Å². The maximum Gasteiger partial charge on any atom is 0.472 e. The molecule has 352 valence electrons. The quantitative estimate of drug-likeness (QED) is 0.0371. The molecule has 0 aliphatic rings. The molecule has 0 aliphatic carbocycles. The lowest BCUT2D eigenvalue weighted by Gasteiger charge is -2.19. The lowest BCUT2D eigenvalue weighted by Crippen LogP contribution is -2.29. The highest BCUT2D eigenvalue weighted by Gasteiger charge is 2.26. The van der Waals surface area contributed by atoms with E-state index in [1.54, 1.807) is 0 Å². The van der Waals surface area contributed by atoms with E-state index in [0.29, 0.717) is 6.42 Å². The third-order valence-corrected chi connectivity index (χ3v) is 12.3. The van der Waals surface area contributed by atoms with Crippen LogP contribution in [0.15, 0.2) is 21.0 Å². The van der Waals surface area contributed by atoms with Gasteiger partial charge in [-0.2, -0.15) is 0 Å². The van der Waals surface area contributed by atoms with E-state index in [1.807, 2.05) is 0 Å². The Morgan fingerprint density at radius 1 is 0.590 bits per heavy atom. The number of hydrogen-bond donors (Lipinski definition) is 2. The summed E-state index contributed by atoms with van der Waals surface area (Å²) in [5, 5.41) is 0. The summed E-state index contributed by atoms with van der Waals surface area (Å²) in [6, 6.07) is 4.43. The molecule has 3 N–H and O–H groups in total. The molecule has 12 heteroatoms. The van der Waals surface area contributed by atoms with Gasteiger partial charge in [-0.25, -0.2) is 4.57 Å². The Balaban J connectivity index is 1.53. The molecule has 0 saturated heterocycles. The van der Waals surface area contributed by atoms with Crippen LogP contribution in [0.5, 0.6) is 0 Å². The second-order valence-electron chi connectivity index (χ2n) is 17.1. The minimum atomic E-state index is -4.40. The first-order chi connectivity index (χ1) is 29.6. The molecular weight excluding hydrogens is 794 g/mol. The Morgan fingerprint density at radius 2 is 1.00 bits per heavy atom. The number of unbranched alkanes of at least 4 members (excludes halogenated alkanes) is 20. The number of furan rings is 2. The number of phosphoric acid groups is 1. The predicted octanol–water partition coefficient (Wildman–Crippen LogP) is 13.1. The van der Waals surface area contributed by atoms with Gasteiger partial charge in [0.25, 0.3) is 0 Å². The first-order valence-electron chi connectivity index (χ1n) is 24.4. The van der Waals surface area contributed by atoms with E-state index in [4.69, 9.17) is 33.1 Å². The molecule has 61 heavy (non-hydrogen) atoms. The van der Waals surface area contributed by atoms with E-state index >= 15 is 0 Å². The molecule has 0 aliphatic heterocycles. The average Bonchev–Trinajstić information content (AvgIpc) is 3.78. The van der Waals surface area contributed by atoms with Gasteiger partial charge in [0, 0.05) is 45.1 Å². The lowest BCUT2D eigenvalue weighted by molar-refractivity contribution is -0.161. The molecule has 2 rings (SSSR count). The second kappa shape index (κ2) is 35.0. The molecule has 0 saturated carbocycles. The van der Waals surface area contributed by atoms with Crippen LogP contribution in [0, 0.1) is 13.8 Å². The van der Waals surface area contributed by atoms with Gasteiger partial charge in [0.15, 0.2) is 6.10 Å². The van der Waals surface area contributed by atoms with Crippen molar-refractivity contribution in [2.45, 2.75) is 226 Å². The van der Waals surface area contributed by atoms with Crippen LogP contribution in [0.2, 0.25) is 0 Å². The van der Waals surface area contributed by atoms with Crippen LogP contribution in [0.25, 0.3) is 0 Å². The van der Waals surface area contributed by atoms with Gasteiger partial charge in [-0.05, 0) is 75.6 Å². The van der Waals surface area contributed by atoms with Crippen molar-refractivity contribution in [3.8, 4) is 0 Å². The molecule has 0 amide bonds. The van der Waals surface area contributed by atoms with E-state index in [-0.39, 0.29) is 32.6 Å². The Hall–Kier alpha value is -2.43. The van der Waals surface area contributed by atoms with Crippen LogP contribution in [-0.2, 0) is 58.4 Å². The number of carbonyl (C=O) groups excluding carboxylic acids is 2. The van der Waals surface area contributed by atoms with Crippen LogP contribution >= 0.6 is 7.82 Å². The van der Waals surface area contributed by atoms with Crippen molar-refractivity contribution in [3.63, 3.8) is 0 Å². The van der Waals surface area contributed by atoms with Crippen molar-refractivity contribution in [1.29, 1.82) is 0 Å². The number of esters is 2. The van der Waals surface area contributed by atoms with Crippen LogP contribution in [-0.4, -0.2) is 49.3 Å². The summed E-state index contributed by atoms with van der Waals surface area (Å²) in [7, 11) is -4.40. The van der Waals surface area contributed by atoms with Crippen molar-refractivity contribution >= 4 is 19.8 Å². The highest BCUT2D eigenvalue weighted by molar-refractivity contribution is 7.47. The van der Waals surface area contributed by atoms with Gasteiger partial charge in [0.2, 0.25) is 0 Å². The molecule has 0 bridgehead atoms. The molecule has 0 spiro atoms. The first-order valence-corrected chi connectivity index (χ1v) is 25.9. The maximum absolute atomic E-state index is 12.7. The van der Waals surface area contributed by atoms with E-state index < -0.39 is 32.5 Å². The molecule has 0 fully saturated rings. The maximum atomic E-state index is 12.7. The Labute approximate surface area is 370 Å². The molecule has 0 radical (unpaired) electrons. The number of aryl methyl sites for hydroxylation is 6. The average molecular weight is 880 g/mol. The summed E-state index contributed by atoms with van der Waals surface area (Å²) < 4.78 is 45.2. The van der Waals surface area contributed by atoms with Crippen LogP contribution in [0.4, 0.5) is 0 Å². The number of ether oxygens (including phenoxy) is 2. The largest absolute Gasteiger partial charge is 0.472 e. The number of hydrogen-bond acceptors (Lipinski definition) is 10. The normalized spacial score (nSPS) is 13.1. The summed E-state index contributed by atoms with van der Waals surface area (Å²) in [4.78, 5) is 35.1. The van der Waals surface area contributed by atoms with E-state index in [1.165, 1.54) is 107 Å². The molecule has 0 aromatic carbocycles. The Morgan fingerprint density at radius 3 is 1.44 bits per heavy atom. The van der Waals surface area contributed by atoms with Crippen molar-refractivity contribution in [2.75, 3.05) is 26.4 Å². The van der Waals surface area contributed by atoms with Crippen LogP contribution in [0.3, 0.4) is 0 Å². The van der Waals surface area contributed by atoms with Crippen molar-refractivity contribution in [1.82, 2.24) is 0 Å². The number of phosphoric ester groups is 1. The highest BCUT2D eigenvalue weighted by Crippen LogP contribution is 2.43. The van der Waals surface area contributed by atoms with Gasteiger partial charge in [-0.1, -0.05) is 129 Å². The molecule has 1 unspecified atom stereocenters. The zero-order valence-corrected chi connectivity index (χ0v) is 39.8. The van der Waals surface area contributed by atoms with E-state index in [9.17, 15) is 19.0 Å². The van der Waals surface area contributed by atoms with Gasteiger partial charge in [0.1, 0.15) is 29.6 Å². The summed E-state index contributed by atoms with van der Waals surface area (Å²) >= 11 is 0. The van der Waals surface area contributed by atoms with Crippen molar-refractivity contribution in [2.24, 2.45) is 5.73 Å². The molecule has 2 heterocycles. The Bertz CT molecular complexity index is 1450. The van der Waals surface area contributed by atoms with Gasteiger partial charge in [0.05, 0.1) is 13.2 Å². The zero-order valence-electron chi connectivity index (χ0n) is 38.9. The van der Waals surface area contributed by atoms with Gasteiger partial charge >= 0.3 is 19.8 Å². The predicted molar refractivity (Wildman–Crippen MR) is 245 cm³/mol. The number of carbonyl (C=O) groups is 2. The Kier molecular flexibility index (Phi) is 31.4. The third kappa shape index (κ3) is 28.1. The number of rotatable bonds is 41. The summed E-state index contributed by atoms with van der Waals surface area (Å²) in [5.41, 5.74) is 7.94. The molecule has 2 atom stereocenters. The molecule has 2 aromatic heterocycles. The van der Waals surface area contributed by atoms with Gasteiger partial charge < -0.3 is 28.9 Å². The SMILES string of the molecule is CCCCCc1cc(C)c(CCCCCCCCCCCCC(=O)OC[C@H](COP(=O)(O)OCCN)OC(=O)CCCCCCCCCCc2oc(CCCCC)cc2C)o1. The lowest BCUT2D eigenvalue weighted by atomic mass is 10.0. The van der Waals surface area contributed by atoms with Crippen LogP contribution in [0.1, 0.15) is 215 Å². The van der Waals surface area contributed by atoms with Gasteiger partial charge in [-0.15, -0.1) is 0 Å². The van der Waals surface area contributed by atoms with Gasteiger partial charge in [-0.3, -0.25) is 18.6 Å². The standard InChI is InChI=1S/C49H86NO10P/c1-5-7-23-29-43-37-41(3)46(58-43)31-25-19-15-11-9-10-12-17-21-27-33-48(51)55-39-45(40-57-61(53,54)56-36-35-50)60-49(52)34-28-22-18-14-13-16-20-26-32-47-42(4)38-44(59-47)30-24-8-6-2/h37-38,45H,5-36,39-40,50H2,1-4H3,(H,53,54)/t45-/m1/s1. The fourth-order valence-electron chi connectivity index (χ4n) is 7.61. The molecule has 2 aromatic rings. The van der Waals surface area contributed by atoms with E-state index in [2.05, 4.69) is 39.8 Å². The smallest absolute Gasteiger partial charge is 0.466 e. The molecule has 11 nitrogen and oxygen atoms in total. The summed E-state index contributed by atoms with van der Waals surface area (Å²) in [6.07, 6.45) is 30.5. The fraction of sp³-hybridized carbons (Fsp3) is 0.796. The third-order valence-electron chi connectivity index (χ3n) is 11.3. The second-order valence-corrected chi connectivity index (χ2v) is 18.6. The zero-order chi connectivity index (χ0) is 44.4. The first kappa shape index (κ1) is 54.7. The van der Waals surface area contributed by atoms with E-state index in [0.717, 1.165) is 101 Å². The van der Waals surface area contributed by atoms with Crippen LogP contribution < -0.4 is 5.73 Å². The topological polar surface area (TPSA) is 161 Å². The monoisotopic (exact) mass is 880 g/mol. The minimum absolute atomic E-state index is 0.0445. The minimum Gasteiger partial charge on any atom is -0.466 e. The molecular formula is C49H86NO10P. The summed E-state index contributed by atoms with van der Waals surface area (Å²) in [6.45, 7) is 7.94. The van der Waals surface area contributed by atoms with Crippen molar-refractivity contribution < 1.29 is 46.4 Å². The fourth-order valence-corrected chi connectivity index (χ4v) is 8.37. The summed E-state index contributed by atoms with van der Waals surface area (Å²) in [5.74, 6) is 3.72. The number of nitrogens with two attached hydrogens (primary N) is 1. The highest BCUT2D eigenvalue weighted by atomic mass is 31.2.